The molecule has 2 aromatic carbocycles. The van der Waals surface area contributed by atoms with Crippen molar-refractivity contribution in [3.05, 3.63) is 65.2 Å². The van der Waals surface area contributed by atoms with E-state index in [-0.39, 0.29) is 23.6 Å². The highest BCUT2D eigenvalue weighted by molar-refractivity contribution is 5.98. The molecule has 1 heterocycles. The van der Waals surface area contributed by atoms with E-state index in [0.29, 0.717) is 55.3 Å². The Morgan fingerprint density at radius 2 is 1.71 bits per heavy atom. The first-order chi connectivity index (χ1) is 16.3. The Kier molecular flexibility index (Phi) is 8.68. The fourth-order valence-electron chi connectivity index (χ4n) is 4.18. The van der Waals surface area contributed by atoms with Crippen molar-refractivity contribution in [1.29, 1.82) is 0 Å². The number of nitrogens with one attached hydrogen (secondary N) is 2. The third-order valence-corrected chi connectivity index (χ3v) is 6.17. The predicted molar refractivity (Wildman–Crippen MR) is 132 cm³/mol. The molecule has 34 heavy (non-hydrogen) atoms. The number of rotatable bonds is 8. The maximum Gasteiger partial charge on any atom is 0.253 e. The zero-order chi connectivity index (χ0) is 24.7. The molecule has 3 amide bonds. The van der Waals surface area contributed by atoms with Gasteiger partial charge in [-0.25, -0.2) is 0 Å². The summed E-state index contributed by atoms with van der Waals surface area (Å²) in [4.78, 5) is 40.7. The summed E-state index contributed by atoms with van der Waals surface area (Å²) in [5, 5.41) is 5.92. The highest BCUT2D eigenvalue weighted by Crippen LogP contribution is 2.23. The van der Waals surface area contributed by atoms with Crippen molar-refractivity contribution < 1.29 is 19.1 Å². The van der Waals surface area contributed by atoms with Crippen LogP contribution in [0.5, 0.6) is 5.75 Å². The van der Waals surface area contributed by atoms with Gasteiger partial charge in [0.05, 0.1) is 7.11 Å². The van der Waals surface area contributed by atoms with Gasteiger partial charge in [0.15, 0.2) is 0 Å². The van der Waals surface area contributed by atoms with Crippen LogP contribution in [0.2, 0.25) is 0 Å². The number of carbonyl (C=O) groups is 3. The van der Waals surface area contributed by atoms with E-state index in [4.69, 9.17) is 4.74 Å². The third kappa shape index (κ3) is 6.59. The van der Waals surface area contributed by atoms with Gasteiger partial charge in [-0.3, -0.25) is 14.4 Å². The lowest BCUT2D eigenvalue weighted by atomic mass is 9.88. The molecular formula is C27H35N3O4. The Labute approximate surface area is 201 Å². The quantitative estimate of drug-likeness (QED) is 0.625. The van der Waals surface area contributed by atoms with Gasteiger partial charge in [0.25, 0.3) is 11.8 Å². The van der Waals surface area contributed by atoms with E-state index in [1.165, 1.54) is 0 Å². The maximum atomic E-state index is 13.1. The lowest BCUT2D eigenvalue weighted by Crippen LogP contribution is -2.54. The molecule has 1 atom stereocenters. The minimum atomic E-state index is -0.662. The van der Waals surface area contributed by atoms with E-state index < -0.39 is 6.04 Å². The summed E-state index contributed by atoms with van der Waals surface area (Å²) < 4.78 is 5.16. The molecule has 0 spiro atoms. The average Bonchev–Trinajstić information content (AvgIpc) is 2.85. The van der Waals surface area contributed by atoms with Crippen LogP contribution in [0.4, 0.5) is 0 Å². The minimum Gasteiger partial charge on any atom is -0.497 e. The molecule has 2 aromatic rings. The van der Waals surface area contributed by atoms with Gasteiger partial charge in [-0.2, -0.15) is 0 Å². The monoisotopic (exact) mass is 465 g/mol. The summed E-state index contributed by atoms with van der Waals surface area (Å²) in [5.74, 6) is 0.426. The van der Waals surface area contributed by atoms with Crippen LogP contribution in [0.25, 0.3) is 0 Å². The SMILES string of the molecule is COc1ccc(C(=O)NC(C(=O)NCC(C)C)C2CCN(C(=O)c3cccc(C)c3)CC2)cc1. The molecule has 7 nitrogen and oxygen atoms in total. The number of piperidine rings is 1. The highest BCUT2D eigenvalue weighted by Gasteiger charge is 2.34. The van der Waals surface area contributed by atoms with E-state index in [0.717, 1.165) is 5.56 Å². The molecule has 3 rings (SSSR count). The Morgan fingerprint density at radius 1 is 1.03 bits per heavy atom. The first-order valence-corrected chi connectivity index (χ1v) is 11.9. The van der Waals surface area contributed by atoms with Crippen molar-refractivity contribution >= 4 is 17.7 Å². The van der Waals surface area contributed by atoms with Gasteiger partial charge >= 0.3 is 0 Å². The standard InChI is InChI=1S/C27H35N3O4/c1-18(2)17-28-26(32)24(29-25(31)21-8-10-23(34-4)11-9-21)20-12-14-30(15-13-20)27(33)22-7-5-6-19(3)16-22/h5-11,16,18,20,24H,12-15,17H2,1-4H3,(H,28,32)(H,29,31). The largest absolute Gasteiger partial charge is 0.497 e. The van der Waals surface area contributed by atoms with Crippen LogP contribution in [-0.4, -0.2) is 55.4 Å². The number of amides is 3. The Morgan fingerprint density at radius 3 is 2.29 bits per heavy atom. The second-order valence-corrected chi connectivity index (χ2v) is 9.32. The van der Waals surface area contributed by atoms with E-state index in [1.54, 1.807) is 31.4 Å². The molecule has 0 aromatic heterocycles. The number of benzene rings is 2. The first-order valence-electron chi connectivity index (χ1n) is 11.9. The summed E-state index contributed by atoms with van der Waals surface area (Å²) in [6.45, 7) is 7.65. The number of hydrogen-bond donors (Lipinski definition) is 2. The number of nitrogens with zero attached hydrogens (tertiary/aromatic N) is 1. The molecule has 0 saturated carbocycles. The number of hydrogen-bond acceptors (Lipinski definition) is 4. The first kappa shape index (κ1) is 25.3. The van der Waals surface area contributed by atoms with E-state index in [1.807, 2.05) is 49.9 Å². The van der Waals surface area contributed by atoms with Crippen LogP contribution in [0.15, 0.2) is 48.5 Å². The van der Waals surface area contributed by atoms with Crippen LogP contribution in [0.3, 0.4) is 0 Å². The van der Waals surface area contributed by atoms with Gasteiger partial charge in [0.2, 0.25) is 5.91 Å². The van der Waals surface area contributed by atoms with Crippen molar-refractivity contribution in [3.8, 4) is 5.75 Å². The van der Waals surface area contributed by atoms with Gasteiger partial charge < -0.3 is 20.3 Å². The summed E-state index contributed by atoms with van der Waals surface area (Å²) >= 11 is 0. The summed E-state index contributed by atoms with van der Waals surface area (Å²) in [6.07, 6.45) is 1.28. The molecule has 0 bridgehead atoms. The van der Waals surface area contributed by atoms with Gasteiger partial charge in [-0.15, -0.1) is 0 Å². The zero-order valence-corrected chi connectivity index (χ0v) is 20.5. The average molecular weight is 466 g/mol. The number of aryl methyl sites for hydroxylation is 1. The molecule has 7 heteroatoms. The van der Waals surface area contributed by atoms with Crippen LogP contribution < -0.4 is 15.4 Å². The van der Waals surface area contributed by atoms with Gasteiger partial charge in [0.1, 0.15) is 11.8 Å². The van der Waals surface area contributed by atoms with Crippen molar-refractivity contribution in [3.63, 3.8) is 0 Å². The van der Waals surface area contributed by atoms with E-state index >= 15 is 0 Å². The summed E-state index contributed by atoms with van der Waals surface area (Å²) in [6, 6.07) is 13.7. The Bertz CT molecular complexity index is 995. The molecule has 1 fully saturated rings. The fraction of sp³-hybridized carbons (Fsp3) is 0.444. The molecule has 1 aliphatic rings. The topological polar surface area (TPSA) is 87.7 Å². The minimum absolute atomic E-state index is 0.00484. The van der Waals surface area contributed by atoms with Crippen molar-refractivity contribution in [2.45, 2.75) is 39.7 Å². The summed E-state index contributed by atoms with van der Waals surface area (Å²) in [5.41, 5.74) is 2.19. The van der Waals surface area contributed by atoms with Gasteiger partial charge in [0, 0.05) is 30.8 Å². The number of likely N-dealkylation sites (tertiary alicyclic amines) is 1. The molecule has 0 radical (unpaired) electrons. The molecule has 0 aliphatic carbocycles. The normalized spacial score (nSPS) is 15.0. The maximum absolute atomic E-state index is 13.1. The molecule has 1 aliphatic heterocycles. The van der Waals surface area contributed by atoms with E-state index in [9.17, 15) is 14.4 Å². The van der Waals surface area contributed by atoms with Crippen LogP contribution in [0.1, 0.15) is 53.0 Å². The number of ether oxygens (including phenoxy) is 1. The molecular weight excluding hydrogens is 430 g/mol. The van der Waals surface area contributed by atoms with Crippen LogP contribution in [0, 0.1) is 18.8 Å². The van der Waals surface area contributed by atoms with E-state index in [2.05, 4.69) is 10.6 Å². The lowest BCUT2D eigenvalue weighted by Gasteiger charge is -2.36. The van der Waals surface area contributed by atoms with Crippen molar-refractivity contribution in [2.24, 2.45) is 11.8 Å². The lowest BCUT2D eigenvalue weighted by molar-refractivity contribution is -0.124. The van der Waals surface area contributed by atoms with Crippen LogP contribution >= 0.6 is 0 Å². The fourth-order valence-corrected chi connectivity index (χ4v) is 4.18. The van der Waals surface area contributed by atoms with Crippen molar-refractivity contribution in [1.82, 2.24) is 15.5 Å². The van der Waals surface area contributed by atoms with Gasteiger partial charge in [-0.1, -0.05) is 31.5 Å². The second kappa shape index (κ2) is 11.7. The molecule has 182 valence electrons. The smallest absolute Gasteiger partial charge is 0.253 e. The highest BCUT2D eigenvalue weighted by atomic mass is 16.5. The zero-order valence-electron chi connectivity index (χ0n) is 20.5. The predicted octanol–water partition coefficient (Wildman–Crippen LogP) is 3.43. The van der Waals surface area contributed by atoms with Crippen LogP contribution in [-0.2, 0) is 4.79 Å². The second-order valence-electron chi connectivity index (χ2n) is 9.32. The number of methoxy groups -OCH3 is 1. The Hall–Kier alpha value is -3.35. The molecule has 1 unspecified atom stereocenters. The van der Waals surface area contributed by atoms with Crippen molar-refractivity contribution in [2.75, 3.05) is 26.7 Å². The molecule has 2 N–H and O–H groups in total. The third-order valence-electron chi connectivity index (χ3n) is 6.17. The summed E-state index contributed by atoms with van der Waals surface area (Å²) in [7, 11) is 1.57. The van der Waals surface area contributed by atoms with Gasteiger partial charge in [-0.05, 0) is 68.0 Å². The molecule has 1 saturated heterocycles. The Balaban J connectivity index is 1.68. The number of carbonyl (C=O) groups excluding carboxylic acids is 3.